The number of methoxy groups -OCH3 is 1. The Kier molecular flexibility index (Phi) is 4.08. The Morgan fingerprint density at radius 2 is 2.20 bits per heavy atom. The fourth-order valence-corrected chi connectivity index (χ4v) is 1.31. The van der Waals surface area contributed by atoms with E-state index in [4.69, 9.17) is 4.74 Å². The molecular weight excluding hydrogens is 267 g/mol. The van der Waals surface area contributed by atoms with E-state index >= 15 is 0 Å². The highest BCUT2D eigenvalue weighted by Crippen LogP contribution is 2.22. The van der Waals surface area contributed by atoms with Gasteiger partial charge in [0.15, 0.2) is 17.7 Å². The first-order chi connectivity index (χ1) is 7.04. The number of ether oxygens (including phenoxy) is 2. The zero-order valence-corrected chi connectivity index (χ0v) is 9.88. The second-order valence-corrected chi connectivity index (χ2v) is 3.77. The third-order valence-electron chi connectivity index (χ3n) is 1.73. The van der Waals surface area contributed by atoms with Crippen molar-refractivity contribution >= 4 is 21.9 Å². The lowest BCUT2D eigenvalue weighted by Gasteiger charge is -2.12. The van der Waals surface area contributed by atoms with Crippen LogP contribution in [-0.4, -0.2) is 19.2 Å². The van der Waals surface area contributed by atoms with E-state index in [1.807, 2.05) is 0 Å². The summed E-state index contributed by atoms with van der Waals surface area (Å²) in [5, 5.41) is 0. The van der Waals surface area contributed by atoms with Crippen LogP contribution in [0.25, 0.3) is 0 Å². The molecule has 0 saturated heterocycles. The monoisotopic (exact) mass is 276 g/mol. The van der Waals surface area contributed by atoms with Crippen molar-refractivity contribution in [2.24, 2.45) is 0 Å². The first-order valence-corrected chi connectivity index (χ1v) is 5.03. The molecule has 3 nitrogen and oxygen atoms in total. The topological polar surface area (TPSA) is 35.5 Å². The zero-order valence-electron chi connectivity index (χ0n) is 8.29. The van der Waals surface area contributed by atoms with E-state index in [0.29, 0.717) is 4.47 Å². The Balaban J connectivity index is 2.76. The summed E-state index contributed by atoms with van der Waals surface area (Å²) in [6.07, 6.45) is -0.828. The molecule has 0 aliphatic rings. The number of carbonyl (C=O) groups excluding carboxylic acids is 1. The van der Waals surface area contributed by atoms with Crippen molar-refractivity contribution in [2.75, 3.05) is 7.11 Å². The Labute approximate surface area is 95.3 Å². The summed E-state index contributed by atoms with van der Waals surface area (Å²) in [4.78, 5) is 11.0. The van der Waals surface area contributed by atoms with Gasteiger partial charge in [0, 0.05) is 4.47 Å². The molecular formula is C10H10BrFO3. The van der Waals surface area contributed by atoms with Crippen LogP contribution in [0.2, 0.25) is 0 Å². The zero-order chi connectivity index (χ0) is 11.4. The van der Waals surface area contributed by atoms with E-state index < -0.39 is 17.9 Å². The molecule has 0 aromatic heterocycles. The van der Waals surface area contributed by atoms with E-state index in [1.165, 1.54) is 26.2 Å². The number of benzene rings is 1. The van der Waals surface area contributed by atoms with Crippen molar-refractivity contribution < 1.29 is 18.7 Å². The van der Waals surface area contributed by atoms with Crippen LogP contribution in [0.5, 0.6) is 5.75 Å². The number of rotatable bonds is 3. The van der Waals surface area contributed by atoms with E-state index in [0.717, 1.165) is 0 Å². The normalized spacial score (nSPS) is 12.0. The van der Waals surface area contributed by atoms with Gasteiger partial charge in [-0.3, -0.25) is 0 Å². The predicted octanol–water partition coefficient (Wildman–Crippen LogP) is 2.53. The minimum atomic E-state index is -0.828. The standard InChI is InChI=1S/C10H10BrFO3/c1-6(10(13)14-2)15-9-4-3-7(11)5-8(9)12/h3-6H,1-2H3. The maximum Gasteiger partial charge on any atom is 0.346 e. The molecule has 0 N–H and O–H groups in total. The molecule has 0 saturated carbocycles. The highest BCUT2D eigenvalue weighted by Gasteiger charge is 2.16. The largest absolute Gasteiger partial charge is 0.476 e. The minimum Gasteiger partial charge on any atom is -0.476 e. The Bertz CT molecular complexity index is 368. The van der Waals surface area contributed by atoms with Crippen molar-refractivity contribution in [3.63, 3.8) is 0 Å². The summed E-state index contributed by atoms with van der Waals surface area (Å²) in [6.45, 7) is 1.49. The van der Waals surface area contributed by atoms with Gasteiger partial charge < -0.3 is 9.47 Å². The molecule has 1 unspecified atom stereocenters. The average molecular weight is 277 g/mol. The van der Waals surface area contributed by atoms with Crippen molar-refractivity contribution in [1.82, 2.24) is 0 Å². The van der Waals surface area contributed by atoms with Crippen LogP contribution >= 0.6 is 15.9 Å². The fraction of sp³-hybridized carbons (Fsp3) is 0.300. The van der Waals surface area contributed by atoms with Crippen molar-refractivity contribution in [3.8, 4) is 5.75 Å². The first-order valence-electron chi connectivity index (χ1n) is 4.24. The lowest BCUT2D eigenvalue weighted by atomic mass is 10.3. The van der Waals surface area contributed by atoms with Gasteiger partial charge in [0.05, 0.1) is 7.11 Å². The number of hydrogen-bond donors (Lipinski definition) is 0. The summed E-state index contributed by atoms with van der Waals surface area (Å²) in [5.74, 6) is -1.05. The van der Waals surface area contributed by atoms with Crippen molar-refractivity contribution in [2.45, 2.75) is 13.0 Å². The van der Waals surface area contributed by atoms with E-state index in [9.17, 15) is 9.18 Å². The van der Waals surface area contributed by atoms with Gasteiger partial charge in [0.1, 0.15) is 0 Å². The minimum absolute atomic E-state index is 0.0242. The van der Waals surface area contributed by atoms with Crippen molar-refractivity contribution in [3.05, 3.63) is 28.5 Å². The first kappa shape index (κ1) is 12.0. The van der Waals surface area contributed by atoms with Crippen molar-refractivity contribution in [1.29, 1.82) is 0 Å². The molecule has 82 valence electrons. The highest BCUT2D eigenvalue weighted by molar-refractivity contribution is 9.10. The second kappa shape index (κ2) is 5.11. The van der Waals surface area contributed by atoms with Gasteiger partial charge in [-0.1, -0.05) is 15.9 Å². The predicted molar refractivity (Wildman–Crippen MR) is 56.2 cm³/mol. The highest BCUT2D eigenvalue weighted by atomic mass is 79.9. The van der Waals surface area contributed by atoms with E-state index in [2.05, 4.69) is 20.7 Å². The van der Waals surface area contributed by atoms with Gasteiger partial charge in [-0.25, -0.2) is 9.18 Å². The summed E-state index contributed by atoms with van der Waals surface area (Å²) in [5.41, 5.74) is 0. The van der Waals surface area contributed by atoms with Gasteiger partial charge >= 0.3 is 5.97 Å². The van der Waals surface area contributed by atoms with Crippen LogP contribution < -0.4 is 4.74 Å². The third kappa shape index (κ3) is 3.20. The molecule has 0 radical (unpaired) electrons. The van der Waals surface area contributed by atoms with Crippen LogP contribution in [0.4, 0.5) is 4.39 Å². The lowest BCUT2D eigenvalue weighted by Crippen LogP contribution is -2.25. The van der Waals surface area contributed by atoms with Gasteiger partial charge in [-0.05, 0) is 25.1 Å². The van der Waals surface area contributed by atoms with Gasteiger partial charge in [-0.2, -0.15) is 0 Å². The summed E-state index contributed by atoms with van der Waals surface area (Å²) < 4.78 is 23.4. The molecule has 5 heteroatoms. The molecule has 0 fully saturated rings. The van der Waals surface area contributed by atoms with Crippen LogP contribution in [0.3, 0.4) is 0 Å². The van der Waals surface area contributed by atoms with Crippen LogP contribution in [0, 0.1) is 5.82 Å². The number of halogens is 2. The number of hydrogen-bond acceptors (Lipinski definition) is 3. The lowest BCUT2D eigenvalue weighted by molar-refractivity contribution is -0.148. The molecule has 1 aromatic rings. The van der Waals surface area contributed by atoms with E-state index in [-0.39, 0.29) is 5.75 Å². The maximum atomic E-state index is 13.3. The number of esters is 1. The van der Waals surface area contributed by atoms with Gasteiger partial charge in [0.25, 0.3) is 0 Å². The van der Waals surface area contributed by atoms with Crippen LogP contribution in [0.1, 0.15) is 6.92 Å². The molecule has 1 atom stereocenters. The maximum absolute atomic E-state index is 13.3. The smallest absolute Gasteiger partial charge is 0.346 e. The Hall–Kier alpha value is -1.10. The van der Waals surface area contributed by atoms with Crippen LogP contribution in [0.15, 0.2) is 22.7 Å². The SMILES string of the molecule is COC(=O)C(C)Oc1ccc(Br)cc1F. The molecule has 15 heavy (non-hydrogen) atoms. The summed E-state index contributed by atoms with van der Waals surface area (Å²) in [7, 11) is 1.25. The van der Waals surface area contributed by atoms with E-state index in [1.54, 1.807) is 6.07 Å². The Morgan fingerprint density at radius 1 is 1.53 bits per heavy atom. The molecule has 0 amide bonds. The number of carbonyl (C=O) groups is 1. The van der Waals surface area contributed by atoms with Gasteiger partial charge in [0.2, 0.25) is 0 Å². The third-order valence-corrected chi connectivity index (χ3v) is 2.22. The summed E-state index contributed by atoms with van der Waals surface area (Å²) in [6, 6.07) is 4.33. The fourth-order valence-electron chi connectivity index (χ4n) is 0.975. The second-order valence-electron chi connectivity index (χ2n) is 2.86. The Morgan fingerprint density at radius 3 is 2.73 bits per heavy atom. The summed E-state index contributed by atoms with van der Waals surface area (Å²) >= 11 is 3.12. The van der Waals surface area contributed by atoms with Gasteiger partial charge in [-0.15, -0.1) is 0 Å². The molecule has 0 spiro atoms. The molecule has 0 bridgehead atoms. The molecule has 1 rings (SSSR count). The molecule has 1 aromatic carbocycles. The quantitative estimate of drug-likeness (QED) is 0.796. The van der Waals surface area contributed by atoms with Crippen LogP contribution in [-0.2, 0) is 9.53 Å². The molecule has 0 aliphatic carbocycles. The molecule has 0 aliphatic heterocycles. The average Bonchev–Trinajstić information content (AvgIpc) is 2.20. The molecule has 0 heterocycles.